The van der Waals surface area contributed by atoms with Crippen molar-refractivity contribution in [3.05, 3.63) is 52.8 Å². The lowest BCUT2D eigenvalue weighted by molar-refractivity contribution is -0.115. The maximum Gasteiger partial charge on any atom is 0.251 e. The monoisotopic (exact) mass is 430 g/mol. The molecule has 3 rings (SSSR count). The SMILES string of the molecule is CCn1c(CNC(=O)c2cccc(C)c2)nnc1S[C@H](C)C(=O)Nc1nccs1. The van der Waals surface area contributed by atoms with Crippen LogP contribution in [0, 0.1) is 6.92 Å². The molecular weight excluding hydrogens is 408 g/mol. The number of thioether (sulfide) groups is 1. The summed E-state index contributed by atoms with van der Waals surface area (Å²) in [6.07, 6.45) is 1.64. The summed E-state index contributed by atoms with van der Waals surface area (Å²) >= 11 is 2.69. The van der Waals surface area contributed by atoms with Gasteiger partial charge in [0.1, 0.15) is 0 Å². The maximum absolute atomic E-state index is 12.4. The Balaban J connectivity index is 1.62. The van der Waals surface area contributed by atoms with Crippen molar-refractivity contribution >= 4 is 40.0 Å². The van der Waals surface area contributed by atoms with Gasteiger partial charge in [0, 0.05) is 23.7 Å². The average molecular weight is 431 g/mol. The number of nitrogens with one attached hydrogen (secondary N) is 2. The summed E-state index contributed by atoms with van der Waals surface area (Å²) in [5.74, 6) is 0.332. The Morgan fingerprint density at radius 1 is 1.31 bits per heavy atom. The van der Waals surface area contributed by atoms with E-state index in [-0.39, 0.29) is 23.6 Å². The van der Waals surface area contributed by atoms with E-state index in [2.05, 4.69) is 25.8 Å². The van der Waals surface area contributed by atoms with Gasteiger partial charge in [0.05, 0.1) is 11.8 Å². The van der Waals surface area contributed by atoms with Gasteiger partial charge in [0.25, 0.3) is 5.91 Å². The van der Waals surface area contributed by atoms with Crippen LogP contribution in [0.15, 0.2) is 41.0 Å². The molecule has 0 aliphatic carbocycles. The van der Waals surface area contributed by atoms with Crippen LogP contribution in [0.3, 0.4) is 0 Å². The maximum atomic E-state index is 12.4. The highest BCUT2D eigenvalue weighted by atomic mass is 32.2. The van der Waals surface area contributed by atoms with Crippen LogP contribution in [-0.4, -0.2) is 36.8 Å². The molecule has 10 heteroatoms. The minimum atomic E-state index is -0.372. The van der Waals surface area contributed by atoms with E-state index in [1.807, 2.05) is 43.5 Å². The number of aromatic nitrogens is 4. The molecule has 0 fully saturated rings. The second kappa shape index (κ2) is 9.66. The Labute approximate surface area is 177 Å². The van der Waals surface area contributed by atoms with Gasteiger partial charge >= 0.3 is 0 Å². The molecule has 0 bridgehead atoms. The fraction of sp³-hybridized carbons (Fsp3) is 0.316. The van der Waals surface area contributed by atoms with Crippen LogP contribution >= 0.6 is 23.1 Å². The fourth-order valence-electron chi connectivity index (χ4n) is 2.61. The number of carbonyl (C=O) groups excluding carboxylic acids is 2. The Kier molecular flexibility index (Phi) is 6.99. The standard InChI is InChI=1S/C19H22N6O2S2/c1-4-25-15(11-21-17(27)14-7-5-6-12(2)10-14)23-24-19(25)29-13(3)16(26)22-18-20-8-9-28-18/h5-10,13H,4,11H2,1-3H3,(H,21,27)(H,20,22,26)/t13-/m1/s1. The van der Waals surface area contributed by atoms with Gasteiger partial charge < -0.3 is 15.2 Å². The number of benzene rings is 1. The zero-order valence-corrected chi connectivity index (χ0v) is 18.0. The van der Waals surface area contributed by atoms with Gasteiger partial charge in [-0.2, -0.15) is 0 Å². The smallest absolute Gasteiger partial charge is 0.251 e. The third kappa shape index (κ3) is 5.42. The zero-order chi connectivity index (χ0) is 20.8. The number of aryl methyl sites for hydroxylation is 1. The molecule has 29 heavy (non-hydrogen) atoms. The van der Waals surface area contributed by atoms with Crippen molar-refractivity contribution in [1.82, 2.24) is 25.1 Å². The molecule has 1 atom stereocenters. The van der Waals surface area contributed by atoms with E-state index in [0.717, 1.165) is 5.56 Å². The molecule has 2 amide bonds. The summed E-state index contributed by atoms with van der Waals surface area (Å²) in [7, 11) is 0. The van der Waals surface area contributed by atoms with Crippen LogP contribution in [0.4, 0.5) is 5.13 Å². The minimum Gasteiger partial charge on any atom is -0.345 e. The van der Waals surface area contributed by atoms with Gasteiger partial charge in [0.2, 0.25) is 5.91 Å². The van der Waals surface area contributed by atoms with Crippen LogP contribution < -0.4 is 10.6 Å². The fourth-order valence-corrected chi connectivity index (χ4v) is 4.07. The Bertz CT molecular complexity index is 987. The van der Waals surface area contributed by atoms with Crippen molar-refractivity contribution in [1.29, 1.82) is 0 Å². The summed E-state index contributed by atoms with van der Waals surface area (Å²) < 4.78 is 1.90. The Hall–Kier alpha value is -2.72. The van der Waals surface area contributed by atoms with E-state index in [9.17, 15) is 9.59 Å². The molecule has 2 N–H and O–H groups in total. The second-order valence-corrected chi connectivity index (χ2v) is 8.48. The quantitative estimate of drug-likeness (QED) is 0.533. The normalized spacial score (nSPS) is 11.8. The topological polar surface area (TPSA) is 102 Å². The summed E-state index contributed by atoms with van der Waals surface area (Å²) in [5, 5.41) is 16.7. The third-order valence-electron chi connectivity index (χ3n) is 4.11. The minimum absolute atomic E-state index is 0.148. The number of hydrogen-bond acceptors (Lipinski definition) is 7. The third-order valence-corrected chi connectivity index (χ3v) is 5.88. The number of thiazole rings is 1. The lowest BCUT2D eigenvalue weighted by Crippen LogP contribution is -2.25. The van der Waals surface area contributed by atoms with Crippen LogP contribution in [0.25, 0.3) is 0 Å². The zero-order valence-electron chi connectivity index (χ0n) is 16.4. The molecule has 0 saturated carbocycles. The molecule has 0 aliphatic heterocycles. The summed E-state index contributed by atoms with van der Waals surface area (Å²) in [6, 6.07) is 7.41. The highest BCUT2D eigenvalue weighted by Crippen LogP contribution is 2.24. The molecule has 0 spiro atoms. The molecule has 0 unspecified atom stereocenters. The van der Waals surface area contributed by atoms with Crippen molar-refractivity contribution in [2.75, 3.05) is 5.32 Å². The van der Waals surface area contributed by atoms with Crippen LogP contribution in [0.2, 0.25) is 0 Å². The molecule has 2 aromatic heterocycles. The van der Waals surface area contributed by atoms with Gasteiger partial charge in [-0.3, -0.25) is 9.59 Å². The molecule has 152 valence electrons. The van der Waals surface area contributed by atoms with Crippen molar-refractivity contribution < 1.29 is 9.59 Å². The van der Waals surface area contributed by atoms with E-state index in [1.54, 1.807) is 17.6 Å². The molecule has 2 heterocycles. The van der Waals surface area contributed by atoms with Gasteiger partial charge in [0.15, 0.2) is 16.1 Å². The molecule has 3 aromatic rings. The number of anilines is 1. The highest BCUT2D eigenvalue weighted by Gasteiger charge is 2.20. The molecule has 8 nitrogen and oxygen atoms in total. The number of amides is 2. The van der Waals surface area contributed by atoms with Crippen LogP contribution in [0.1, 0.15) is 35.6 Å². The molecule has 1 aromatic carbocycles. The first-order valence-electron chi connectivity index (χ1n) is 9.12. The lowest BCUT2D eigenvalue weighted by Gasteiger charge is -2.12. The molecule has 0 saturated heterocycles. The van der Waals surface area contributed by atoms with Crippen molar-refractivity contribution in [2.45, 2.75) is 44.3 Å². The van der Waals surface area contributed by atoms with E-state index < -0.39 is 0 Å². The first-order chi connectivity index (χ1) is 14.0. The van der Waals surface area contributed by atoms with Gasteiger partial charge in [-0.05, 0) is 32.9 Å². The predicted molar refractivity (Wildman–Crippen MR) is 114 cm³/mol. The van der Waals surface area contributed by atoms with Gasteiger partial charge in [-0.1, -0.05) is 29.5 Å². The summed E-state index contributed by atoms with van der Waals surface area (Å²) in [5.41, 5.74) is 1.63. The first kappa shape index (κ1) is 21.0. The summed E-state index contributed by atoms with van der Waals surface area (Å²) in [4.78, 5) is 28.8. The van der Waals surface area contributed by atoms with Crippen LogP contribution in [0.5, 0.6) is 0 Å². The largest absolute Gasteiger partial charge is 0.345 e. The molecule has 0 aliphatic rings. The second-order valence-electron chi connectivity index (χ2n) is 6.28. The number of rotatable bonds is 8. The number of carbonyl (C=O) groups is 2. The van der Waals surface area contributed by atoms with E-state index >= 15 is 0 Å². The Morgan fingerprint density at radius 2 is 2.14 bits per heavy atom. The van der Waals surface area contributed by atoms with Crippen molar-refractivity contribution in [3.63, 3.8) is 0 Å². The predicted octanol–water partition coefficient (Wildman–Crippen LogP) is 3.11. The van der Waals surface area contributed by atoms with Gasteiger partial charge in [-0.25, -0.2) is 4.98 Å². The lowest BCUT2D eigenvalue weighted by atomic mass is 10.1. The Morgan fingerprint density at radius 3 is 2.83 bits per heavy atom. The number of hydrogen-bond donors (Lipinski definition) is 2. The summed E-state index contributed by atoms with van der Waals surface area (Å²) in [6.45, 7) is 6.61. The first-order valence-corrected chi connectivity index (χ1v) is 10.9. The van der Waals surface area contributed by atoms with Crippen molar-refractivity contribution in [3.8, 4) is 0 Å². The highest BCUT2D eigenvalue weighted by molar-refractivity contribution is 8.00. The molecular formula is C19H22N6O2S2. The molecule has 0 radical (unpaired) electrons. The van der Waals surface area contributed by atoms with Gasteiger partial charge in [-0.15, -0.1) is 21.5 Å². The van der Waals surface area contributed by atoms with E-state index in [1.165, 1.54) is 23.1 Å². The number of nitrogens with zero attached hydrogens (tertiary/aromatic N) is 4. The van der Waals surface area contributed by atoms with Crippen molar-refractivity contribution in [2.24, 2.45) is 0 Å². The van der Waals surface area contributed by atoms with E-state index in [4.69, 9.17) is 0 Å². The average Bonchev–Trinajstić information content (AvgIpc) is 3.35. The van der Waals surface area contributed by atoms with E-state index in [0.29, 0.717) is 28.2 Å². The van der Waals surface area contributed by atoms with Crippen LogP contribution in [-0.2, 0) is 17.9 Å².